The van der Waals surface area contributed by atoms with Gasteiger partial charge in [-0.25, -0.2) is 6.29 Å². The van der Waals surface area contributed by atoms with Gasteiger partial charge in [-0.3, -0.25) is 0 Å². The molecule has 1 aliphatic heterocycles. The second-order valence-corrected chi connectivity index (χ2v) is 7.26. The molecular weight excluding hydrogens is 221 g/mol. The van der Waals surface area contributed by atoms with Crippen LogP contribution in [-0.4, -0.2) is 37.5 Å². The first-order valence-corrected chi connectivity index (χ1v) is 6.15. The minimum Gasteiger partial charge on any atom is -0.870 e. The molecule has 4 nitrogen and oxygen atoms in total. The molecule has 0 aromatic carbocycles. The fourth-order valence-corrected chi connectivity index (χ4v) is 3.24. The third-order valence-corrected chi connectivity index (χ3v) is 4.64. The molecule has 1 saturated carbocycles. The molecule has 0 spiro atoms. The van der Waals surface area contributed by atoms with Crippen molar-refractivity contribution in [1.82, 2.24) is 4.31 Å². The van der Waals surface area contributed by atoms with E-state index in [1.54, 1.807) is 0 Å². The fourth-order valence-electron chi connectivity index (χ4n) is 1.78. The number of hydrogen-bond acceptors (Lipinski definition) is 4. The van der Waals surface area contributed by atoms with Crippen LogP contribution in [0.1, 0.15) is 33.6 Å². The zero-order chi connectivity index (χ0) is 10.5. The van der Waals surface area contributed by atoms with Gasteiger partial charge in [0.15, 0.2) is 0 Å². The molecule has 1 N–H and O–H groups in total. The summed E-state index contributed by atoms with van der Waals surface area (Å²) in [5, 5.41) is 0. The molecule has 2 aliphatic rings. The summed E-state index contributed by atoms with van der Waals surface area (Å²) >= 11 is -1.05. The first kappa shape index (κ1) is 16.5. The summed E-state index contributed by atoms with van der Waals surface area (Å²) in [5.74, 6) is 0.604. The summed E-state index contributed by atoms with van der Waals surface area (Å²) in [5.41, 5.74) is 0. The fraction of sp³-hybridized carbons (Fsp3) is 0.900. The summed E-state index contributed by atoms with van der Waals surface area (Å²) in [4.78, 5) is 10.7. The van der Waals surface area contributed by atoms with E-state index in [-0.39, 0.29) is 41.2 Å². The van der Waals surface area contributed by atoms with Crippen molar-refractivity contribution < 1.29 is 33.7 Å². The van der Waals surface area contributed by atoms with E-state index in [1.807, 2.05) is 31.4 Å². The van der Waals surface area contributed by atoms with Crippen LogP contribution in [0.5, 0.6) is 0 Å². The third-order valence-electron chi connectivity index (χ3n) is 2.74. The number of carbonyl (C=O) groups excluding carboxylic acids is 1. The van der Waals surface area contributed by atoms with Gasteiger partial charge in [-0.15, -0.1) is 4.31 Å². The van der Waals surface area contributed by atoms with Crippen molar-refractivity contribution in [2.75, 3.05) is 0 Å². The summed E-state index contributed by atoms with van der Waals surface area (Å²) < 4.78 is 13.6. The Kier molecular flexibility index (Phi) is 5.60. The molecule has 1 heterocycles. The van der Waals surface area contributed by atoms with E-state index in [4.69, 9.17) is 0 Å². The van der Waals surface area contributed by atoms with Gasteiger partial charge in [0.1, 0.15) is 4.75 Å². The Morgan fingerprint density at radius 1 is 1.38 bits per heavy atom. The molecule has 88 valence electrons. The minimum atomic E-state index is -1.05. The van der Waals surface area contributed by atoms with Gasteiger partial charge >= 0.3 is 18.9 Å². The normalized spacial score (nSPS) is 34.4. The topological polar surface area (TPSA) is 73.1 Å². The quantitative estimate of drug-likeness (QED) is 0.243. The van der Waals surface area contributed by atoms with Crippen molar-refractivity contribution in [2.24, 2.45) is 5.92 Å². The maximum atomic E-state index is 12.0. The Hall–Kier alpha value is 0.497. The van der Waals surface area contributed by atoms with Gasteiger partial charge in [-0.2, -0.15) is 0 Å². The Morgan fingerprint density at radius 2 is 1.88 bits per heavy atom. The molecule has 2 unspecified atom stereocenters. The number of hydrogen-bond donors (Lipinski definition) is 0. The molecule has 2 fully saturated rings. The Morgan fingerprint density at radius 3 is 2.19 bits per heavy atom. The van der Waals surface area contributed by atoms with E-state index >= 15 is 0 Å². The summed E-state index contributed by atoms with van der Waals surface area (Å²) in [6.45, 7) is 5.81. The molecule has 16 heavy (non-hydrogen) atoms. The summed E-state index contributed by atoms with van der Waals surface area (Å²) in [6.07, 6.45) is 4.36. The van der Waals surface area contributed by atoms with E-state index in [1.165, 1.54) is 12.8 Å². The van der Waals surface area contributed by atoms with Crippen LogP contribution in [0.25, 0.3) is 0 Å². The van der Waals surface area contributed by atoms with E-state index in [0.29, 0.717) is 5.92 Å². The second kappa shape index (κ2) is 5.43. The average molecular weight is 238 g/mol. The first-order valence-electron chi connectivity index (χ1n) is 5.05. The second-order valence-electron chi connectivity index (χ2n) is 5.11. The van der Waals surface area contributed by atoms with Crippen LogP contribution >= 0.6 is 0 Å². The van der Waals surface area contributed by atoms with E-state index < -0.39 is 11.4 Å². The zero-order valence-corrected chi connectivity index (χ0v) is 11.1. The van der Waals surface area contributed by atoms with Crippen LogP contribution in [0.2, 0.25) is 0 Å². The minimum absolute atomic E-state index is 0. The molecular formula is C10H17LiNO3S-. The van der Waals surface area contributed by atoms with E-state index in [9.17, 15) is 9.35 Å². The van der Waals surface area contributed by atoms with E-state index in [0.717, 1.165) is 0 Å². The predicted molar refractivity (Wildman–Crippen MR) is 57.7 cm³/mol. The van der Waals surface area contributed by atoms with Gasteiger partial charge < -0.3 is 14.8 Å². The van der Waals surface area contributed by atoms with Crippen LogP contribution in [-0.2, 0) is 16.2 Å². The molecule has 0 bridgehead atoms. The van der Waals surface area contributed by atoms with Crippen molar-refractivity contribution >= 4 is 17.6 Å². The van der Waals surface area contributed by atoms with E-state index in [2.05, 4.69) is 0 Å². The molecule has 0 aromatic heterocycles. The van der Waals surface area contributed by atoms with Gasteiger partial charge in [0.2, 0.25) is 0 Å². The molecule has 0 radical (unpaired) electrons. The van der Waals surface area contributed by atoms with Crippen molar-refractivity contribution in [3.05, 3.63) is 0 Å². The molecule has 2 rings (SSSR count). The van der Waals surface area contributed by atoms with Gasteiger partial charge in [0.05, 0.1) is 6.04 Å². The first-order chi connectivity index (χ1) is 6.46. The van der Waals surface area contributed by atoms with Crippen molar-refractivity contribution in [3.8, 4) is 0 Å². The van der Waals surface area contributed by atoms with Gasteiger partial charge in [0.25, 0.3) is 0 Å². The Balaban J connectivity index is 0.00000112. The van der Waals surface area contributed by atoms with Crippen LogP contribution < -0.4 is 18.9 Å². The average Bonchev–Trinajstić information content (AvgIpc) is 2.94. The van der Waals surface area contributed by atoms with Crippen molar-refractivity contribution in [3.63, 3.8) is 0 Å². The molecule has 0 aromatic rings. The van der Waals surface area contributed by atoms with Gasteiger partial charge in [-0.1, -0.05) is 0 Å². The standard InChI is InChI=1S/C10H16NO2S.Li.H2O/c1-10(2,3)14(13)11-8(6-12)9(11)7-4-5-7;;/h7-9H,4-5H2,1-3H3;;1H2/q-1;+1;/p-1/t8-,9+,11?,14?;;/m1../s1. The molecule has 0 amide bonds. The van der Waals surface area contributed by atoms with Gasteiger partial charge in [0, 0.05) is 11.4 Å². The predicted octanol–water partition coefficient (Wildman–Crippen LogP) is -2.15. The molecule has 1 saturated heterocycles. The SMILES string of the molecule is CC(C)(C)[S+]([O-])N1[C@H]([C-]=O)[C@@H]1C1CC1.[Li+].[OH-]. The molecule has 4 atom stereocenters. The summed E-state index contributed by atoms with van der Waals surface area (Å²) in [6, 6.07) is 0.0371. The monoisotopic (exact) mass is 238 g/mol. The van der Waals surface area contributed by atoms with Crippen molar-refractivity contribution in [1.29, 1.82) is 0 Å². The molecule has 1 aliphatic carbocycles. The number of nitrogens with zero attached hydrogens (tertiary/aromatic N) is 1. The third kappa shape index (κ3) is 3.04. The smallest absolute Gasteiger partial charge is 0.870 e. The number of rotatable bonds is 3. The van der Waals surface area contributed by atoms with Crippen molar-refractivity contribution in [2.45, 2.75) is 50.4 Å². The Bertz CT molecular complexity index is 255. The largest absolute Gasteiger partial charge is 1.00 e. The van der Waals surface area contributed by atoms with Gasteiger partial charge in [-0.05, 0) is 45.6 Å². The van der Waals surface area contributed by atoms with Crippen LogP contribution in [0.4, 0.5) is 0 Å². The Labute approximate surface area is 112 Å². The maximum absolute atomic E-state index is 12.0. The molecule has 6 heteroatoms. The maximum Gasteiger partial charge on any atom is 1.00 e. The summed E-state index contributed by atoms with van der Waals surface area (Å²) in [7, 11) is 0. The zero-order valence-electron chi connectivity index (χ0n) is 10.3. The van der Waals surface area contributed by atoms with Crippen LogP contribution in [0.3, 0.4) is 0 Å². The van der Waals surface area contributed by atoms with Crippen LogP contribution in [0.15, 0.2) is 0 Å². The van der Waals surface area contributed by atoms with Crippen LogP contribution in [0, 0.1) is 5.92 Å².